The summed E-state index contributed by atoms with van der Waals surface area (Å²) in [6.45, 7) is 2.02. The van der Waals surface area contributed by atoms with Crippen LogP contribution in [-0.2, 0) is 7.05 Å². The molecule has 2 aromatic carbocycles. The van der Waals surface area contributed by atoms with Crippen LogP contribution < -0.4 is 10.6 Å². The molecule has 0 aliphatic carbocycles. The first-order valence-electron chi connectivity index (χ1n) is 9.65. The van der Waals surface area contributed by atoms with Gasteiger partial charge in [0.25, 0.3) is 0 Å². The van der Waals surface area contributed by atoms with Gasteiger partial charge in [0.05, 0.1) is 17.9 Å². The van der Waals surface area contributed by atoms with Crippen molar-refractivity contribution >= 4 is 28.6 Å². The lowest BCUT2D eigenvalue weighted by Crippen LogP contribution is -2.19. The minimum absolute atomic E-state index is 0.126. The molecule has 0 bridgehead atoms. The number of urea groups is 1. The van der Waals surface area contributed by atoms with Crippen molar-refractivity contribution in [2.24, 2.45) is 7.05 Å². The first-order valence-corrected chi connectivity index (χ1v) is 9.65. The number of amides is 2. The molecule has 0 aliphatic rings. The number of aryl methyl sites for hydroxylation is 2. The van der Waals surface area contributed by atoms with Crippen molar-refractivity contribution in [3.63, 3.8) is 0 Å². The fraction of sp³-hybridized carbons (Fsp3) is 0.0870. The van der Waals surface area contributed by atoms with Gasteiger partial charge in [-0.2, -0.15) is 0 Å². The SMILES string of the molecule is Cc1ccc(-c2cnc(NC(=O)Nc3ccc4c(-c5cnco5)cn(C)c4c3)o2)cc1. The van der Waals surface area contributed by atoms with Gasteiger partial charge in [-0.05, 0) is 19.1 Å². The summed E-state index contributed by atoms with van der Waals surface area (Å²) in [5.74, 6) is 1.28. The van der Waals surface area contributed by atoms with Crippen molar-refractivity contribution < 1.29 is 13.6 Å². The first kappa shape index (κ1) is 18.7. The molecule has 2 amide bonds. The Kier molecular flexibility index (Phi) is 4.51. The zero-order valence-electron chi connectivity index (χ0n) is 16.9. The summed E-state index contributed by atoms with van der Waals surface area (Å²) in [5, 5.41) is 6.44. The van der Waals surface area contributed by atoms with E-state index in [4.69, 9.17) is 8.83 Å². The van der Waals surface area contributed by atoms with E-state index in [9.17, 15) is 4.79 Å². The van der Waals surface area contributed by atoms with Gasteiger partial charge in [0.15, 0.2) is 17.9 Å². The van der Waals surface area contributed by atoms with Crippen LogP contribution in [-0.4, -0.2) is 20.6 Å². The third-order valence-electron chi connectivity index (χ3n) is 5.01. The Balaban J connectivity index is 1.31. The Morgan fingerprint density at radius 2 is 1.87 bits per heavy atom. The van der Waals surface area contributed by atoms with E-state index in [0.717, 1.165) is 27.6 Å². The summed E-state index contributed by atoms with van der Waals surface area (Å²) in [6.07, 6.45) is 6.63. The average molecular weight is 413 g/mol. The maximum absolute atomic E-state index is 12.4. The van der Waals surface area contributed by atoms with Gasteiger partial charge in [-0.1, -0.05) is 35.9 Å². The van der Waals surface area contributed by atoms with Gasteiger partial charge >= 0.3 is 12.0 Å². The summed E-state index contributed by atoms with van der Waals surface area (Å²) in [5.41, 5.74) is 4.57. The smallest absolute Gasteiger partial charge is 0.327 e. The fourth-order valence-corrected chi connectivity index (χ4v) is 3.45. The number of hydrogen-bond acceptors (Lipinski definition) is 5. The Morgan fingerprint density at radius 1 is 1.03 bits per heavy atom. The lowest BCUT2D eigenvalue weighted by atomic mass is 10.1. The molecule has 0 spiro atoms. The second-order valence-corrected chi connectivity index (χ2v) is 7.23. The lowest BCUT2D eigenvalue weighted by Gasteiger charge is -2.06. The van der Waals surface area contributed by atoms with Crippen molar-refractivity contribution in [3.05, 3.63) is 73.0 Å². The number of fused-ring (bicyclic) bond motifs is 1. The van der Waals surface area contributed by atoms with Crippen molar-refractivity contribution in [1.82, 2.24) is 14.5 Å². The predicted molar refractivity (Wildman–Crippen MR) is 118 cm³/mol. The van der Waals surface area contributed by atoms with Crippen molar-refractivity contribution in [1.29, 1.82) is 0 Å². The second-order valence-electron chi connectivity index (χ2n) is 7.23. The van der Waals surface area contributed by atoms with Gasteiger partial charge in [0.2, 0.25) is 0 Å². The molecule has 0 unspecified atom stereocenters. The van der Waals surface area contributed by atoms with Crippen molar-refractivity contribution in [2.45, 2.75) is 6.92 Å². The highest BCUT2D eigenvalue weighted by Crippen LogP contribution is 2.31. The Morgan fingerprint density at radius 3 is 2.65 bits per heavy atom. The number of anilines is 2. The molecular formula is C23H19N5O3. The molecule has 31 heavy (non-hydrogen) atoms. The van der Waals surface area contributed by atoms with Crippen LogP contribution in [0.25, 0.3) is 33.6 Å². The highest BCUT2D eigenvalue weighted by Gasteiger charge is 2.14. The molecule has 8 nitrogen and oxygen atoms in total. The van der Waals surface area contributed by atoms with Gasteiger partial charge in [-0.15, -0.1) is 0 Å². The van der Waals surface area contributed by atoms with Gasteiger partial charge in [0.1, 0.15) is 0 Å². The topological polar surface area (TPSA) is 98.1 Å². The second kappa shape index (κ2) is 7.49. The van der Waals surface area contributed by atoms with Gasteiger partial charge < -0.3 is 18.7 Å². The Labute approximate surface area is 177 Å². The molecule has 0 saturated carbocycles. The molecule has 3 heterocycles. The number of carbonyl (C=O) groups excluding carboxylic acids is 1. The van der Waals surface area contributed by atoms with E-state index in [1.165, 1.54) is 6.39 Å². The van der Waals surface area contributed by atoms with Crippen LogP contribution in [0.15, 0.2) is 76.3 Å². The monoisotopic (exact) mass is 413 g/mol. The molecule has 0 atom stereocenters. The minimum Gasteiger partial charge on any atom is -0.443 e. The first-order chi connectivity index (χ1) is 15.1. The Hall–Kier alpha value is -4.33. The van der Waals surface area contributed by atoms with Crippen LogP contribution in [0.3, 0.4) is 0 Å². The van der Waals surface area contributed by atoms with Gasteiger partial charge in [-0.3, -0.25) is 5.32 Å². The zero-order valence-corrected chi connectivity index (χ0v) is 16.9. The summed E-state index contributed by atoms with van der Waals surface area (Å²) in [7, 11) is 1.94. The predicted octanol–water partition coefficient (Wildman–Crippen LogP) is 5.44. The largest absolute Gasteiger partial charge is 0.443 e. The molecule has 5 rings (SSSR count). The van der Waals surface area contributed by atoms with E-state index in [2.05, 4.69) is 20.6 Å². The van der Waals surface area contributed by atoms with E-state index < -0.39 is 6.03 Å². The number of benzene rings is 2. The zero-order chi connectivity index (χ0) is 21.4. The van der Waals surface area contributed by atoms with E-state index in [1.807, 2.05) is 67.2 Å². The van der Waals surface area contributed by atoms with Crippen molar-refractivity contribution in [3.8, 4) is 22.6 Å². The molecular weight excluding hydrogens is 394 g/mol. The van der Waals surface area contributed by atoms with Crippen LogP contribution in [0, 0.1) is 6.92 Å². The maximum atomic E-state index is 12.4. The van der Waals surface area contributed by atoms with Crippen LogP contribution >= 0.6 is 0 Å². The average Bonchev–Trinajstić information content (AvgIpc) is 3.50. The lowest BCUT2D eigenvalue weighted by molar-refractivity contribution is 0.261. The minimum atomic E-state index is -0.443. The molecule has 0 saturated heterocycles. The Bertz CT molecular complexity index is 1360. The number of nitrogens with one attached hydrogen (secondary N) is 2. The van der Waals surface area contributed by atoms with Crippen LogP contribution in [0.1, 0.15) is 5.56 Å². The standard InChI is InChI=1S/C23H19N5O3/c1-14-3-5-15(6-4-14)20-11-25-23(31-20)27-22(29)26-16-7-8-17-18(21-10-24-13-30-21)12-28(2)19(17)9-16/h3-13H,1-2H3,(H2,25,26,27,29). The summed E-state index contributed by atoms with van der Waals surface area (Å²) in [4.78, 5) is 20.5. The summed E-state index contributed by atoms with van der Waals surface area (Å²) >= 11 is 0. The molecule has 0 fully saturated rings. The number of hydrogen-bond donors (Lipinski definition) is 2. The number of carbonyl (C=O) groups is 1. The number of aromatic nitrogens is 3. The van der Waals surface area contributed by atoms with E-state index >= 15 is 0 Å². The fourth-order valence-electron chi connectivity index (χ4n) is 3.45. The third-order valence-corrected chi connectivity index (χ3v) is 5.01. The summed E-state index contributed by atoms with van der Waals surface area (Å²) in [6, 6.07) is 13.2. The van der Waals surface area contributed by atoms with Crippen LogP contribution in [0.4, 0.5) is 16.5 Å². The highest BCUT2D eigenvalue weighted by atomic mass is 16.4. The number of rotatable bonds is 4. The van der Waals surface area contributed by atoms with Crippen LogP contribution in [0.5, 0.6) is 0 Å². The maximum Gasteiger partial charge on any atom is 0.327 e. The molecule has 3 aromatic heterocycles. The van der Waals surface area contributed by atoms with E-state index in [1.54, 1.807) is 12.4 Å². The molecule has 8 heteroatoms. The molecule has 154 valence electrons. The highest BCUT2D eigenvalue weighted by molar-refractivity contribution is 6.02. The normalized spacial score (nSPS) is 11.0. The molecule has 5 aromatic rings. The molecule has 0 aliphatic heterocycles. The molecule has 0 radical (unpaired) electrons. The number of oxazole rings is 2. The van der Waals surface area contributed by atoms with Gasteiger partial charge in [-0.25, -0.2) is 14.8 Å². The number of nitrogens with zero attached hydrogens (tertiary/aromatic N) is 3. The van der Waals surface area contributed by atoms with E-state index in [-0.39, 0.29) is 6.01 Å². The third kappa shape index (κ3) is 3.66. The van der Waals surface area contributed by atoms with Crippen molar-refractivity contribution in [2.75, 3.05) is 10.6 Å². The van der Waals surface area contributed by atoms with Crippen LogP contribution in [0.2, 0.25) is 0 Å². The quantitative estimate of drug-likeness (QED) is 0.409. The summed E-state index contributed by atoms with van der Waals surface area (Å²) < 4.78 is 13.0. The molecule has 2 N–H and O–H groups in total. The van der Waals surface area contributed by atoms with Gasteiger partial charge in [0, 0.05) is 35.4 Å². The van der Waals surface area contributed by atoms with E-state index in [0.29, 0.717) is 17.2 Å².